The molecule has 3 aromatic carbocycles. The zero-order chi connectivity index (χ0) is 25.0. The van der Waals surface area contributed by atoms with Crippen LogP contribution < -0.4 is 9.62 Å². The minimum atomic E-state index is -4.02. The van der Waals surface area contributed by atoms with Crippen LogP contribution >= 0.6 is 11.6 Å². The van der Waals surface area contributed by atoms with E-state index in [1.54, 1.807) is 42.9 Å². The molecule has 0 aliphatic rings. The number of aryl methyl sites for hydroxylation is 2. The molecule has 0 aliphatic carbocycles. The lowest BCUT2D eigenvalue weighted by Gasteiger charge is -2.25. The van der Waals surface area contributed by atoms with Crippen molar-refractivity contribution in [1.29, 1.82) is 0 Å². The maximum atomic E-state index is 13.6. The lowest BCUT2D eigenvalue weighted by Crippen LogP contribution is -2.40. The van der Waals surface area contributed by atoms with Crippen LogP contribution in [0.1, 0.15) is 16.7 Å². The maximum absolute atomic E-state index is 13.6. The first-order chi connectivity index (χ1) is 16.8. The van der Waals surface area contributed by atoms with Gasteiger partial charge < -0.3 is 9.88 Å². The zero-order valence-electron chi connectivity index (χ0n) is 19.3. The Hall–Kier alpha value is -3.62. The SMILES string of the molecule is Cc1ccc(S(=O)(=O)N(CC(=O)NCc2ccccc2-n2ccnc2)c2ccc(C)c(Cl)c2)cc1. The molecule has 1 aromatic heterocycles. The summed E-state index contributed by atoms with van der Waals surface area (Å²) in [5.74, 6) is -0.446. The summed E-state index contributed by atoms with van der Waals surface area (Å²) in [4.78, 5) is 17.2. The number of aromatic nitrogens is 2. The number of imidazole rings is 1. The van der Waals surface area contributed by atoms with Gasteiger partial charge in [-0.05, 0) is 55.3 Å². The summed E-state index contributed by atoms with van der Waals surface area (Å²) in [6, 6.07) is 19.1. The number of nitrogens with zero attached hydrogens (tertiary/aromatic N) is 3. The molecule has 0 aliphatic heterocycles. The predicted octanol–water partition coefficient (Wildman–Crippen LogP) is 4.65. The molecule has 35 heavy (non-hydrogen) atoms. The molecule has 0 radical (unpaired) electrons. The summed E-state index contributed by atoms with van der Waals surface area (Å²) in [7, 11) is -4.02. The highest BCUT2D eigenvalue weighted by Gasteiger charge is 2.27. The van der Waals surface area contributed by atoms with E-state index in [9.17, 15) is 13.2 Å². The summed E-state index contributed by atoms with van der Waals surface area (Å²) in [6.07, 6.45) is 5.17. The molecule has 7 nitrogen and oxygen atoms in total. The van der Waals surface area contributed by atoms with E-state index < -0.39 is 22.5 Å². The van der Waals surface area contributed by atoms with Crippen molar-refractivity contribution in [3.8, 4) is 5.69 Å². The summed E-state index contributed by atoms with van der Waals surface area (Å²) < 4.78 is 30.0. The average Bonchev–Trinajstić information content (AvgIpc) is 3.38. The number of hydrogen-bond donors (Lipinski definition) is 1. The van der Waals surface area contributed by atoms with E-state index in [1.165, 1.54) is 12.1 Å². The van der Waals surface area contributed by atoms with Crippen molar-refractivity contribution in [2.75, 3.05) is 10.8 Å². The summed E-state index contributed by atoms with van der Waals surface area (Å²) in [6.45, 7) is 3.53. The van der Waals surface area contributed by atoms with E-state index in [-0.39, 0.29) is 11.4 Å². The molecule has 0 unspecified atom stereocenters. The second-order valence-electron chi connectivity index (χ2n) is 8.13. The molecule has 180 valence electrons. The number of benzene rings is 3. The molecule has 0 atom stereocenters. The van der Waals surface area contributed by atoms with Gasteiger partial charge in [-0.2, -0.15) is 0 Å². The van der Waals surface area contributed by atoms with Gasteiger partial charge in [0, 0.05) is 24.0 Å². The number of rotatable bonds is 8. The van der Waals surface area contributed by atoms with Gasteiger partial charge in [-0.25, -0.2) is 13.4 Å². The number of hydrogen-bond acceptors (Lipinski definition) is 4. The van der Waals surface area contributed by atoms with Gasteiger partial charge in [0.2, 0.25) is 5.91 Å². The quantitative estimate of drug-likeness (QED) is 0.375. The largest absolute Gasteiger partial charge is 0.350 e. The van der Waals surface area contributed by atoms with Crippen LogP contribution in [0.2, 0.25) is 5.02 Å². The number of para-hydroxylation sites is 1. The van der Waals surface area contributed by atoms with Crippen molar-refractivity contribution in [2.24, 2.45) is 0 Å². The highest BCUT2D eigenvalue weighted by molar-refractivity contribution is 7.92. The van der Waals surface area contributed by atoms with Gasteiger partial charge in [-0.15, -0.1) is 0 Å². The minimum Gasteiger partial charge on any atom is -0.350 e. The highest BCUT2D eigenvalue weighted by atomic mass is 35.5. The molecule has 0 saturated heterocycles. The van der Waals surface area contributed by atoms with E-state index in [1.807, 2.05) is 48.9 Å². The molecule has 1 N–H and O–H groups in total. The topological polar surface area (TPSA) is 84.3 Å². The van der Waals surface area contributed by atoms with Crippen molar-refractivity contribution in [3.05, 3.63) is 107 Å². The molecular weight excluding hydrogens is 484 g/mol. The predicted molar refractivity (Wildman–Crippen MR) is 137 cm³/mol. The first kappa shape index (κ1) is 24.5. The number of amides is 1. The van der Waals surface area contributed by atoms with Crippen LogP contribution in [0.4, 0.5) is 5.69 Å². The van der Waals surface area contributed by atoms with E-state index >= 15 is 0 Å². The highest BCUT2D eigenvalue weighted by Crippen LogP contribution is 2.28. The first-order valence-corrected chi connectivity index (χ1v) is 12.8. The van der Waals surface area contributed by atoms with E-state index in [0.717, 1.165) is 26.7 Å². The van der Waals surface area contributed by atoms with Crippen molar-refractivity contribution in [3.63, 3.8) is 0 Å². The summed E-state index contributed by atoms with van der Waals surface area (Å²) in [5.41, 5.74) is 3.80. The Bertz CT molecular complexity index is 1440. The molecular formula is C26H25ClN4O3S. The molecule has 1 amide bonds. The fourth-order valence-corrected chi connectivity index (χ4v) is 5.17. The number of anilines is 1. The summed E-state index contributed by atoms with van der Waals surface area (Å²) >= 11 is 6.29. The molecule has 1 heterocycles. The van der Waals surface area contributed by atoms with Crippen molar-refractivity contribution in [2.45, 2.75) is 25.3 Å². The number of carbonyl (C=O) groups excluding carboxylic acids is 1. The van der Waals surface area contributed by atoms with Gasteiger partial charge in [0.25, 0.3) is 10.0 Å². The standard InChI is InChI=1S/C26H25ClN4O3S/c1-19-7-11-23(12-8-19)35(33,34)31(22-10-9-20(2)24(27)15-22)17-26(32)29-16-21-5-3-4-6-25(21)30-14-13-28-18-30/h3-15,18H,16-17H2,1-2H3,(H,29,32). The fourth-order valence-electron chi connectivity index (χ4n) is 3.58. The van der Waals surface area contributed by atoms with Crippen LogP contribution in [-0.2, 0) is 21.4 Å². The van der Waals surface area contributed by atoms with Crippen LogP contribution in [0.3, 0.4) is 0 Å². The van der Waals surface area contributed by atoms with Crippen LogP contribution in [0.25, 0.3) is 5.69 Å². The molecule has 4 aromatic rings. The smallest absolute Gasteiger partial charge is 0.264 e. The Morgan fingerprint density at radius 1 is 1.06 bits per heavy atom. The Labute approximate surface area is 210 Å². The average molecular weight is 509 g/mol. The lowest BCUT2D eigenvalue weighted by atomic mass is 10.1. The number of carbonyl (C=O) groups is 1. The lowest BCUT2D eigenvalue weighted by molar-refractivity contribution is -0.119. The Morgan fingerprint density at radius 3 is 2.49 bits per heavy atom. The maximum Gasteiger partial charge on any atom is 0.264 e. The third kappa shape index (κ3) is 5.55. The second kappa shape index (κ2) is 10.3. The molecule has 0 fully saturated rings. The minimum absolute atomic E-state index is 0.0954. The molecule has 0 saturated carbocycles. The van der Waals surface area contributed by atoms with Gasteiger partial charge in [0.05, 0.1) is 22.6 Å². The third-order valence-electron chi connectivity index (χ3n) is 5.59. The Morgan fingerprint density at radius 2 is 1.80 bits per heavy atom. The zero-order valence-corrected chi connectivity index (χ0v) is 20.9. The molecule has 0 spiro atoms. The number of halogens is 1. The van der Waals surface area contributed by atoms with Gasteiger partial charge >= 0.3 is 0 Å². The van der Waals surface area contributed by atoms with Crippen molar-refractivity contribution < 1.29 is 13.2 Å². The van der Waals surface area contributed by atoms with Crippen molar-refractivity contribution >= 4 is 33.2 Å². The third-order valence-corrected chi connectivity index (χ3v) is 7.79. The van der Waals surface area contributed by atoms with Gasteiger partial charge in [-0.1, -0.05) is 53.6 Å². The second-order valence-corrected chi connectivity index (χ2v) is 10.4. The monoisotopic (exact) mass is 508 g/mol. The van der Waals surface area contributed by atoms with E-state index in [4.69, 9.17) is 11.6 Å². The number of sulfonamides is 1. The first-order valence-electron chi connectivity index (χ1n) is 10.9. The molecule has 9 heteroatoms. The van der Waals surface area contributed by atoms with Crippen molar-refractivity contribution in [1.82, 2.24) is 14.9 Å². The number of nitrogens with one attached hydrogen (secondary N) is 1. The summed E-state index contributed by atoms with van der Waals surface area (Å²) in [5, 5.41) is 3.27. The molecule has 4 rings (SSSR count). The van der Waals surface area contributed by atoms with Gasteiger partial charge in [0.15, 0.2) is 0 Å². The fraction of sp³-hybridized carbons (Fsp3) is 0.154. The van der Waals surface area contributed by atoms with Crippen LogP contribution in [0.5, 0.6) is 0 Å². The normalized spacial score (nSPS) is 11.3. The van der Waals surface area contributed by atoms with E-state index in [0.29, 0.717) is 10.7 Å². The Balaban J connectivity index is 1.60. The van der Waals surface area contributed by atoms with Crippen LogP contribution in [0.15, 0.2) is 90.3 Å². The van der Waals surface area contributed by atoms with Crippen LogP contribution in [-0.4, -0.2) is 30.4 Å². The molecule has 0 bridgehead atoms. The van der Waals surface area contributed by atoms with Gasteiger partial charge in [-0.3, -0.25) is 9.10 Å². The van der Waals surface area contributed by atoms with Gasteiger partial charge in [0.1, 0.15) is 6.54 Å². The van der Waals surface area contributed by atoms with Crippen LogP contribution in [0, 0.1) is 13.8 Å². The van der Waals surface area contributed by atoms with E-state index in [2.05, 4.69) is 10.3 Å². The Kier molecular flexibility index (Phi) is 7.23.